The van der Waals surface area contributed by atoms with Gasteiger partial charge in [-0.25, -0.2) is 0 Å². The van der Waals surface area contributed by atoms with Crippen molar-refractivity contribution in [1.82, 2.24) is 0 Å². The molecule has 3 unspecified atom stereocenters. The van der Waals surface area contributed by atoms with Crippen LogP contribution in [-0.4, -0.2) is 6.04 Å². The maximum absolute atomic E-state index is 6.34. The molecule has 0 fully saturated rings. The largest absolute Gasteiger partial charge is 0.483 e. The third-order valence-electron chi connectivity index (χ3n) is 3.95. The number of rotatable bonds is 6. The molecule has 0 aliphatic rings. The minimum Gasteiger partial charge on any atom is -0.483 e. The van der Waals surface area contributed by atoms with Gasteiger partial charge in [-0.2, -0.15) is 0 Å². The summed E-state index contributed by atoms with van der Waals surface area (Å²) in [6, 6.07) is 10.4. The molecule has 1 aromatic carbocycles. The van der Waals surface area contributed by atoms with Gasteiger partial charge in [-0.1, -0.05) is 32.0 Å². The fraction of sp³-hybridized carbons (Fsp3) is 0.444. The van der Waals surface area contributed by atoms with Crippen LogP contribution in [0.25, 0.3) is 0 Å². The van der Waals surface area contributed by atoms with Gasteiger partial charge < -0.3 is 10.5 Å². The van der Waals surface area contributed by atoms with Gasteiger partial charge in [0.1, 0.15) is 11.9 Å². The normalized spacial score (nSPS) is 15.5. The highest BCUT2D eigenvalue weighted by molar-refractivity contribution is 7.10. The molecule has 2 N–H and O–H groups in total. The first-order valence-corrected chi connectivity index (χ1v) is 8.47. The smallest absolute Gasteiger partial charge is 0.148 e. The van der Waals surface area contributed by atoms with Gasteiger partial charge >= 0.3 is 0 Å². The van der Waals surface area contributed by atoms with E-state index in [9.17, 15) is 0 Å². The van der Waals surface area contributed by atoms with E-state index >= 15 is 0 Å². The van der Waals surface area contributed by atoms with Gasteiger partial charge in [0, 0.05) is 10.9 Å². The molecule has 0 bridgehead atoms. The summed E-state index contributed by atoms with van der Waals surface area (Å²) < 4.78 is 6.34. The fourth-order valence-corrected chi connectivity index (χ4v) is 3.50. The van der Waals surface area contributed by atoms with E-state index in [4.69, 9.17) is 10.5 Å². The predicted molar refractivity (Wildman–Crippen MR) is 91.2 cm³/mol. The summed E-state index contributed by atoms with van der Waals surface area (Å²) in [5.41, 5.74) is 8.70. The van der Waals surface area contributed by atoms with Crippen LogP contribution < -0.4 is 10.5 Å². The second kappa shape index (κ2) is 7.10. The van der Waals surface area contributed by atoms with Gasteiger partial charge in [0.15, 0.2) is 0 Å². The molecule has 0 spiro atoms. The van der Waals surface area contributed by atoms with Crippen LogP contribution in [0.3, 0.4) is 0 Å². The lowest BCUT2D eigenvalue weighted by molar-refractivity contribution is 0.181. The number of ether oxygens (including phenoxy) is 1. The average molecular weight is 303 g/mol. The summed E-state index contributed by atoms with van der Waals surface area (Å²) >= 11 is 1.72. The van der Waals surface area contributed by atoms with E-state index in [2.05, 4.69) is 50.4 Å². The topological polar surface area (TPSA) is 35.2 Å². The summed E-state index contributed by atoms with van der Waals surface area (Å²) in [5.74, 6) is 1.45. The van der Waals surface area contributed by atoms with E-state index in [1.165, 1.54) is 16.0 Å². The maximum Gasteiger partial charge on any atom is 0.148 e. The molecule has 0 saturated carbocycles. The van der Waals surface area contributed by atoms with E-state index in [1.54, 1.807) is 11.3 Å². The van der Waals surface area contributed by atoms with Crippen molar-refractivity contribution in [3.05, 3.63) is 51.7 Å². The zero-order valence-electron chi connectivity index (χ0n) is 13.3. The van der Waals surface area contributed by atoms with Gasteiger partial charge in [-0.15, -0.1) is 11.3 Å². The number of hydrogen-bond acceptors (Lipinski definition) is 3. The highest BCUT2D eigenvalue weighted by atomic mass is 32.1. The predicted octanol–water partition coefficient (Wildman–Crippen LogP) is 5.04. The SMILES string of the molecule is CCC(C)c1ccccc1OC(c1sccc1C)C(C)N. The van der Waals surface area contributed by atoms with Crippen molar-refractivity contribution in [2.24, 2.45) is 5.73 Å². The lowest BCUT2D eigenvalue weighted by Gasteiger charge is -2.25. The van der Waals surface area contributed by atoms with E-state index < -0.39 is 0 Å². The molecule has 3 heteroatoms. The molecule has 0 aliphatic carbocycles. The summed E-state index contributed by atoms with van der Waals surface area (Å²) in [7, 11) is 0. The maximum atomic E-state index is 6.34. The quantitative estimate of drug-likeness (QED) is 0.811. The van der Waals surface area contributed by atoms with E-state index in [0.29, 0.717) is 5.92 Å². The number of aryl methyl sites for hydroxylation is 1. The molecular formula is C18H25NOS. The summed E-state index contributed by atoms with van der Waals surface area (Å²) in [5, 5.41) is 2.10. The molecule has 0 radical (unpaired) electrons. The number of thiophene rings is 1. The molecule has 3 atom stereocenters. The van der Waals surface area contributed by atoms with Crippen LogP contribution in [0.2, 0.25) is 0 Å². The van der Waals surface area contributed by atoms with Gasteiger partial charge in [0.25, 0.3) is 0 Å². The van der Waals surface area contributed by atoms with E-state index in [-0.39, 0.29) is 12.1 Å². The number of benzene rings is 1. The Morgan fingerprint density at radius 1 is 1.19 bits per heavy atom. The van der Waals surface area contributed by atoms with Crippen LogP contribution in [0, 0.1) is 6.92 Å². The summed E-state index contributed by atoms with van der Waals surface area (Å²) in [4.78, 5) is 1.23. The average Bonchev–Trinajstić information content (AvgIpc) is 2.90. The standard InChI is InChI=1S/C18H25NOS/c1-5-12(2)15-8-6-7-9-16(15)20-17(14(4)19)18-13(3)10-11-21-18/h6-12,14,17H,5,19H2,1-4H3. The first kappa shape index (κ1) is 16.1. The second-order valence-corrected chi connectivity index (χ2v) is 6.66. The first-order chi connectivity index (χ1) is 10.0. The molecule has 0 aliphatic heterocycles. The third-order valence-corrected chi connectivity index (χ3v) is 5.03. The molecule has 1 aromatic heterocycles. The van der Waals surface area contributed by atoms with Crippen molar-refractivity contribution in [2.75, 3.05) is 0 Å². The highest BCUT2D eigenvalue weighted by Gasteiger charge is 2.23. The Hall–Kier alpha value is -1.32. The molecule has 2 nitrogen and oxygen atoms in total. The Bertz CT molecular complexity index is 576. The Morgan fingerprint density at radius 3 is 2.48 bits per heavy atom. The van der Waals surface area contributed by atoms with Gasteiger partial charge in [0.05, 0.1) is 0 Å². The zero-order valence-corrected chi connectivity index (χ0v) is 14.1. The fourth-order valence-electron chi connectivity index (χ4n) is 2.43. The number of nitrogens with two attached hydrogens (primary N) is 1. The lowest BCUT2D eigenvalue weighted by atomic mass is 9.97. The van der Waals surface area contributed by atoms with E-state index in [0.717, 1.165) is 12.2 Å². The molecule has 0 saturated heterocycles. The van der Waals surface area contributed by atoms with E-state index in [1.807, 2.05) is 13.0 Å². The van der Waals surface area contributed by atoms with Crippen LogP contribution >= 0.6 is 11.3 Å². The molecule has 114 valence electrons. The molecule has 21 heavy (non-hydrogen) atoms. The first-order valence-electron chi connectivity index (χ1n) is 7.59. The van der Waals surface area contributed by atoms with Gasteiger partial charge in [-0.05, 0) is 54.8 Å². The molecular weight excluding hydrogens is 278 g/mol. The van der Waals surface area contributed by atoms with Crippen LogP contribution in [0.4, 0.5) is 0 Å². The second-order valence-electron chi connectivity index (χ2n) is 5.71. The molecule has 2 aromatic rings. The third kappa shape index (κ3) is 3.66. The van der Waals surface area contributed by atoms with Crippen LogP contribution in [-0.2, 0) is 0 Å². The van der Waals surface area contributed by atoms with Gasteiger partial charge in [-0.3, -0.25) is 0 Å². The molecule has 1 heterocycles. The molecule has 0 amide bonds. The van der Waals surface area contributed by atoms with Crippen molar-refractivity contribution >= 4 is 11.3 Å². The van der Waals surface area contributed by atoms with Crippen molar-refractivity contribution in [3.63, 3.8) is 0 Å². The summed E-state index contributed by atoms with van der Waals surface area (Å²) in [6.07, 6.45) is 1.01. The Morgan fingerprint density at radius 2 is 1.90 bits per heavy atom. The minimum atomic E-state index is -0.0878. The summed E-state index contributed by atoms with van der Waals surface area (Å²) in [6.45, 7) is 8.56. The van der Waals surface area contributed by atoms with Crippen molar-refractivity contribution in [2.45, 2.75) is 52.2 Å². The van der Waals surface area contributed by atoms with Crippen LogP contribution in [0.15, 0.2) is 35.7 Å². The minimum absolute atomic E-state index is 0.0488. The number of para-hydroxylation sites is 1. The van der Waals surface area contributed by atoms with Crippen molar-refractivity contribution in [1.29, 1.82) is 0 Å². The number of hydrogen-bond donors (Lipinski definition) is 1. The Balaban J connectivity index is 2.32. The Labute approximate surface area is 132 Å². The Kier molecular flexibility index (Phi) is 5.43. The molecule has 2 rings (SSSR count). The lowest BCUT2D eigenvalue weighted by Crippen LogP contribution is -2.29. The monoisotopic (exact) mass is 303 g/mol. The highest BCUT2D eigenvalue weighted by Crippen LogP contribution is 2.35. The zero-order chi connectivity index (χ0) is 15.4. The van der Waals surface area contributed by atoms with Crippen LogP contribution in [0.5, 0.6) is 5.75 Å². The van der Waals surface area contributed by atoms with Crippen molar-refractivity contribution < 1.29 is 4.74 Å². The van der Waals surface area contributed by atoms with Crippen molar-refractivity contribution in [3.8, 4) is 5.75 Å². The van der Waals surface area contributed by atoms with Gasteiger partial charge in [0.2, 0.25) is 0 Å². The van der Waals surface area contributed by atoms with Crippen LogP contribution in [0.1, 0.15) is 55.2 Å².